The Balaban J connectivity index is 0.000000154. The Bertz CT molecular complexity index is 7880. The molecule has 0 saturated heterocycles. The maximum atomic E-state index is 9.20. The van der Waals surface area contributed by atoms with Gasteiger partial charge in [-0.1, -0.05) is 382 Å². The fourth-order valence-electron chi connectivity index (χ4n) is 16.6. The molecule has 0 N–H and O–H groups in total. The summed E-state index contributed by atoms with van der Waals surface area (Å²) in [6.45, 7) is 0. The summed E-state index contributed by atoms with van der Waals surface area (Å²) in [7, 11) is 0. The maximum absolute atomic E-state index is 9.20. The first-order valence-electron chi connectivity index (χ1n) is 41.7. The summed E-state index contributed by atoms with van der Waals surface area (Å²) in [6.07, 6.45) is 0. The third-order valence-electron chi connectivity index (χ3n) is 22.5. The number of rotatable bonds is 13. The van der Waals surface area contributed by atoms with E-state index in [2.05, 4.69) is 322 Å². The Hall–Kier alpha value is -15.8. The Morgan fingerprint density at radius 2 is 0.432 bits per heavy atom. The van der Waals surface area contributed by atoms with Gasteiger partial charge in [0.15, 0.2) is 34.9 Å². The van der Waals surface area contributed by atoms with Crippen LogP contribution in [0.5, 0.6) is 0 Å². The Morgan fingerprint density at radius 3 is 0.949 bits per heavy atom. The normalized spacial score (nSPS) is 11.9. The summed E-state index contributed by atoms with van der Waals surface area (Å²) in [6, 6.07) is 143. The van der Waals surface area contributed by atoms with Crippen molar-refractivity contribution < 1.29 is 5.48 Å². The zero-order chi connectivity index (χ0) is 81.7. The van der Waals surface area contributed by atoms with Crippen LogP contribution in [0.15, 0.2) is 437 Å². The molecule has 22 aromatic rings. The topological polar surface area (TPSA) is 77.3 Å². The summed E-state index contributed by atoms with van der Waals surface area (Å²) in [4.78, 5) is 30.8. The van der Waals surface area contributed by atoms with Gasteiger partial charge in [-0.25, -0.2) is 29.9 Å². The zero-order valence-electron chi connectivity index (χ0n) is 67.9. The lowest BCUT2D eigenvalue weighted by Gasteiger charge is -2.14. The molecule has 6 nitrogen and oxygen atoms in total. The highest BCUT2D eigenvalue weighted by Crippen LogP contribution is 2.43. The lowest BCUT2D eigenvalue weighted by molar-refractivity contribution is 1.07. The fourth-order valence-corrected chi connectivity index (χ4v) is 16.6. The van der Waals surface area contributed by atoms with Gasteiger partial charge in [-0.2, -0.15) is 0 Å². The van der Waals surface area contributed by atoms with E-state index >= 15 is 0 Å². The first-order valence-corrected chi connectivity index (χ1v) is 39.7. The van der Waals surface area contributed by atoms with E-state index in [4.69, 9.17) is 34.0 Å². The lowest BCUT2D eigenvalue weighted by atomic mass is 9.92. The van der Waals surface area contributed by atoms with Crippen LogP contribution in [0, 0.1) is 0 Å². The summed E-state index contributed by atoms with van der Waals surface area (Å²) in [5, 5.41) is 16.2. The molecule has 2 aromatic heterocycles. The minimum absolute atomic E-state index is 0.153. The van der Waals surface area contributed by atoms with Gasteiger partial charge in [-0.3, -0.25) is 0 Å². The van der Waals surface area contributed by atoms with Gasteiger partial charge in [0.2, 0.25) is 0 Å². The van der Waals surface area contributed by atoms with Crippen molar-refractivity contribution in [2.45, 2.75) is 0 Å². The molecule has 0 saturated carbocycles. The van der Waals surface area contributed by atoms with Gasteiger partial charge in [0.1, 0.15) is 0 Å². The molecule has 6 heteroatoms. The van der Waals surface area contributed by atoms with Gasteiger partial charge in [-0.05, 0) is 208 Å². The molecule has 0 aliphatic rings. The van der Waals surface area contributed by atoms with E-state index in [0.717, 1.165) is 93.5 Å². The lowest BCUT2D eigenvalue weighted by Crippen LogP contribution is -2.01. The first kappa shape index (κ1) is 65.8. The number of hydrogen-bond acceptors (Lipinski definition) is 6. The van der Waals surface area contributed by atoms with Crippen molar-refractivity contribution in [3.63, 3.8) is 0 Å². The van der Waals surface area contributed by atoms with Gasteiger partial charge in [0.05, 0.1) is 5.48 Å². The van der Waals surface area contributed by atoms with Crippen molar-refractivity contribution in [3.8, 4) is 146 Å². The minimum atomic E-state index is -0.351. The molecule has 20 aromatic carbocycles. The second-order valence-corrected chi connectivity index (χ2v) is 29.7. The largest absolute Gasteiger partial charge is 0.208 e. The van der Waals surface area contributed by atoms with Crippen molar-refractivity contribution in [2.75, 3.05) is 0 Å². The molecule has 2 heterocycles. The van der Waals surface area contributed by atoms with E-state index < -0.39 is 0 Å². The Labute approximate surface area is 689 Å². The summed E-state index contributed by atoms with van der Waals surface area (Å²) in [5.74, 6) is 2.82. The van der Waals surface area contributed by atoms with Crippen LogP contribution < -0.4 is 0 Å². The molecule has 0 aliphatic heterocycles. The van der Waals surface area contributed by atoms with E-state index in [1.165, 1.54) is 76.5 Å². The van der Waals surface area contributed by atoms with Gasteiger partial charge in [0.25, 0.3) is 0 Å². The van der Waals surface area contributed by atoms with Crippen LogP contribution in [0.1, 0.15) is 5.48 Å². The number of aromatic nitrogens is 6. The molecule has 0 unspecified atom stereocenters. The molecule has 0 aliphatic carbocycles. The smallest absolute Gasteiger partial charge is 0.164 e. The third kappa shape index (κ3) is 13.7. The molecule has 0 radical (unpaired) electrons. The van der Waals surface area contributed by atoms with Crippen molar-refractivity contribution >= 4 is 75.4 Å². The Kier molecular flexibility index (Phi) is 17.1. The summed E-state index contributed by atoms with van der Waals surface area (Å²) in [5.41, 5.74) is 19.2. The number of nitrogens with zero attached hydrogens (tertiary/aromatic N) is 6. The number of fused-ring (bicyclic) bond motifs is 8. The van der Waals surface area contributed by atoms with E-state index in [-0.39, 0.29) is 35.6 Å². The average molecular weight is 1510 g/mol. The van der Waals surface area contributed by atoms with E-state index in [9.17, 15) is 1.37 Å². The van der Waals surface area contributed by atoms with Crippen LogP contribution in [-0.4, -0.2) is 29.9 Å². The second kappa shape index (κ2) is 30.6. The van der Waals surface area contributed by atoms with Crippen LogP contribution in [0.3, 0.4) is 0 Å². The predicted molar refractivity (Wildman–Crippen MR) is 493 cm³/mol. The van der Waals surface area contributed by atoms with E-state index in [0.29, 0.717) is 40.2 Å². The SMILES string of the molecule is [2H]c1c([2H])c([2H])c(-c2cccc3ccccc23)c(-c2nc(-c3ccccc3)nc(-c3cccc(-c4ccc5cc(-c6ccccc6)ccc5c4)c3)n2)c1[2H].c1ccc(-c2ccc3cc(-c4cccc(-c5nc(-c6ccc7cc(-c8cc9ccccc9c9ccccc89)ccc7c6)nc(-c6ccccc6-c6cccc7ccccc67)n5)c4)ccc3c2)cc1. The van der Waals surface area contributed by atoms with Crippen molar-refractivity contribution in [1.82, 2.24) is 29.9 Å². The summed E-state index contributed by atoms with van der Waals surface area (Å²) < 4.78 is 35.7. The molecule has 550 valence electrons. The quantitative estimate of drug-likeness (QED) is 0.107. The van der Waals surface area contributed by atoms with Crippen LogP contribution in [0.25, 0.3) is 222 Å². The number of benzene rings is 20. The van der Waals surface area contributed by atoms with Crippen LogP contribution >= 0.6 is 0 Å². The molecule has 0 spiro atoms. The van der Waals surface area contributed by atoms with E-state index in [1.807, 2.05) is 91.0 Å². The molecule has 22 rings (SSSR count). The minimum Gasteiger partial charge on any atom is -0.208 e. The highest BCUT2D eigenvalue weighted by molar-refractivity contribution is 6.14. The second-order valence-electron chi connectivity index (χ2n) is 29.7. The number of hydrogen-bond donors (Lipinski definition) is 0. The predicted octanol–water partition coefficient (Wildman–Crippen LogP) is 29.5. The molecular formula is C112H72N6. The molecule has 118 heavy (non-hydrogen) atoms. The average Bonchev–Trinajstić information content (AvgIpc) is 0.745. The zero-order valence-corrected chi connectivity index (χ0v) is 63.9. The Morgan fingerprint density at radius 1 is 0.136 bits per heavy atom. The third-order valence-corrected chi connectivity index (χ3v) is 22.5. The van der Waals surface area contributed by atoms with Crippen LogP contribution in [0.4, 0.5) is 0 Å². The van der Waals surface area contributed by atoms with Crippen LogP contribution in [0.2, 0.25) is 0 Å². The monoisotopic (exact) mass is 1500 g/mol. The molecule has 0 bridgehead atoms. The van der Waals surface area contributed by atoms with Crippen LogP contribution in [-0.2, 0) is 0 Å². The van der Waals surface area contributed by atoms with Gasteiger partial charge >= 0.3 is 0 Å². The van der Waals surface area contributed by atoms with Gasteiger partial charge in [0, 0.05) is 33.4 Å². The molecule has 0 amide bonds. The molecular weight excluding hydrogens is 1430 g/mol. The molecule has 0 fully saturated rings. The highest BCUT2D eigenvalue weighted by atomic mass is 15.0. The standard InChI is InChI=1S/C65H41N3.C47H31N3/c1-2-14-42(15-3-1)45-28-29-48-37-46(30-31-47(48)36-45)44-19-12-20-53(39-44)63-66-64(68-65(67-63)61-26-11-10-24-59(61)58-27-13-18-43-16-4-6-21-55(43)58)54-35-33-49-38-52(34-32-50(49)40-54)62-41-51-17-5-7-22-56(51)57-23-8-9-25-60(57)62;1-3-13-32(14-4-1)36-25-26-39-30-37(27-28-38(39)29-36)35-19-11-20-40(31-35)46-48-45(34-16-5-2-6-17-34)49-47(50-46)44-23-10-9-22-43(44)42-24-12-18-33-15-7-8-21-41(33)42/h1-41H;1-31H/i;9D,10D,22D,23D. The summed E-state index contributed by atoms with van der Waals surface area (Å²) >= 11 is 0. The van der Waals surface area contributed by atoms with Crippen molar-refractivity contribution in [1.29, 1.82) is 0 Å². The van der Waals surface area contributed by atoms with Gasteiger partial charge < -0.3 is 0 Å². The first-order chi connectivity index (χ1) is 60.1. The van der Waals surface area contributed by atoms with Gasteiger partial charge in [-0.15, -0.1) is 0 Å². The fraction of sp³-hybridized carbons (Fsp3) is 0. The maximum Gasteiger partial charge on any atom is 0.164 e. The van der Waals surface area contributed by atoms with E-state index in [1.54, 1.807) is 0 Å². The van der Waals surface area contributed by atoms with Crippen molar-refractivity contribution in [2.24, 2.45) is 0 Å². The highest BCUT2D eigenvalue weighted by Gasteiger charge is 2.22. The molecule has 0 atom stereocenters. The van der Waals surface area contributed by atoms with Crippen molar-refractivity contribution in [3.05, 3.63) is 437 Å².